The van der Waals surface area contributed by atoms with E-state index in [2.05, 4.69) is 4.98 Å². The third-order valence-electron chi connectivity index (χ3n) is 6.35. The summed E-state index contributed by atoms with van der Waals surface area (Å²) < 4.78 is 11.8. The number of halogens is 1. The number of nitrogens with zero attached hydrogens (tertiary/aromatic N) is 3. The minimum absolute atomic E-state index is 0.141. The molecule has 0 saturated heterocycles. The van der Waals surface area contributed by atoms with Crippen molar-refractivity contribution in [2.45, 2.75) is 6.04 Å². The van der Waals surface area contributed by atoms with Gasteiger partial charge in [0.25, 0.3) is 11.6 Å². The fourth-order valence-electron chi connectivity index (χ4n) is 4.59. The first-order valence-electron chi connectivity index (χ1n) is 11.4. The molecule has 1 atom stereocenters. The van der Waals surface area contributed by atoms with Gasteiger partial charge in [-0.1, -0.05) is 47.2 Å². The summed E-state index contributed by atoms with van der Waals surface area (Å²) in [4.78, 5) is 44.0. The molecule has 10 nitrogen and oxygen atoms in total. The van der Waals surface area contributed by atoms with Crippen LogP contribution in [-0.4, -0.2) is 33.8 Å². The largest absolute Gasteiger partial charge is 0.503 e. The Hall–Kier alpha value is -4.74. The van der Waals surface area contributed by atoms with Gasteiger partial charge in [0.05, 0.1) is 33.9 Å². The zero-order valence-electron chi connectivity index (χ0n) is 20.0. The van der Waals surface area contributed by atoms with Crippen molar-refractivity contribution in [2.24, 2.45) is 0 Å². The summed E-state index contributed by atoms with van der Waals surface area (Å²) in [7, 11) is 1.46. The van der Waals surface area contributed by atoms with Gasteiger partial charge in [-0.3, -0.25) is 24.6 Å². The van der Waals surface area contributed by atoms with E-state index in [0.29, 0.717) is 32.0 Å². The molecule has 2 aromatic heterocycles. The number of aromatic nitrogens is 1. The number of amides is 1. The van der Waals surface area contributed by atoms with Crippen molar-refractivity contribution in [3.8, 4) is 5.75 Å². The minimum Gasteiger partial charge on any atom is -0.503 e. The van der Waals surface area contributed by atoms with E-state index in [4.69, 9.17) is 20.8 Å². The summed E-state index contributed by atoms with van der Waals surface area (Å²) in [6, 6.07) is 15.9. The molecule has 12 heteroatoms. The van der Waals surface area contributed by atoms with Crippen LogP contribution in [0.15, 0.2) is 82.5 Å². The molecule has 1 aliphatic rings. The Labute approximate surface area is 228 Å². The van der Waals surface area contributed by atoms with Crippen molar-refractivity contribution in [1.82, 2.24) is 4.98 Å². The van der Waals surface area contributed by atoms with E-state index < -0.39 is 28.4 Å². The molecule has 0 bridgehead atoms. The molecule has 1 aliphatic heterocycles. The van der Waals surface area contributed by atoms with Crippen LogP contribution < -0.4 is 9.64 Å². The number of ketones is 1. The summed E-state index contributed by atoms with van der Waals surface area (Å²) in [6.07, 6.45) is 0. The Bertz CT molecular complexity index is 1880. The van der Waals surface area contributed by atoms with Gasteiger partial charge < -0.3 is 14.3 Å². The summed E-state index contributed by atoms with van der Waals surface area (Å²) in [5.41, 5.74) is 0.558. The van der Waals surface area contributed by atoms with E-state index in [9.17, 15) is 24.8 Å². The van der Waals surface area contributed by atoms with Gasteiger partial charge in [-0.2, -0.15) is 0 Å². The van der Waals surface area contributed by atoms with Crippen molar-refractivity contribution in [3.63, 3.8) is 0 Å². The molecule has 1 amide bonds. The molecule has 3 aromatic carbocycles. The molecule has 0 spiro atoms. The number of anilines is 1. The number of hydrogen-bond acceptors (Lipinski definition) is 9. The lowest BCUT2D eigenvalue weighted by Crippen LogP contribution is -2.31. The number of nitro benzene ring substituents is 1. The highest BCUT2D eigenvalue weighted by molar-refractivity contribution is 7.22. The number of rotatable bonds is 6. The fraction of sp³-hybridized carbons (Fsp3) is 0.0741. The Morgan fingerprint density at radius 1 is 1.18 bits per heavy atom. The van der Waals surface area contributed by atoms with Gasteiger partial charge in [0.15, 0.2) is 28.0 Å². The van der Waals surface area contributed by atoms with Gasteiger partial charge in [-0.05, 0) is 35.9 Å². The van der Waals surface area contributed by atoms with E-state index in [0.717, 1.165) is 16.2 Å². The van der Waals surface area contributed by atoms with E-state index >= 15 is 0 Å². The van der Waals surface area contributed by atoms with Crippen molar-refractivity contribution in [1.29, 1.82) is 0 Å². The fourth-order valence-corrected chi connectivity index (χ4v) is 5.86. The average Bonchev–Trinajstić information content (AvgIpc) is 3.62. The van der Waals surface area contributed by atoms with Crippen LogP contribution in [-0.2, 0) is 4.79 Å². The zero-order valence-corrected chi connectivity index (χ0v) is 21.5. The Morgan fingerprint density at radius 3 is 2.74 bits per heavy atom. The first-order valence-corrected chi connectivity index (χ1v) is 12.6. The van der Waals surface area contributed by atoms with Gasteiger partial charge in [-0.15, -0.1) is 0 Å². The van der Waals surface area contributed by atoms with Gasteiger partial charge >= 0.3 is 0 Å². The van der Waals surface area contributed by atoms with Crippen LogP contribution in [0.4, 0.5) is 10.8 Å². The second-order valence-electron chi connectivity index (χ2n) is 8.62. The van der Waals surface area contributed by atoms with Crippen LogP contribution in [0.1, 0.15) is 22.2 Å². The number of nitro groups is 1. The lowest BCUT2D eigenvalue weighted by atomic mass is 9.95. The number of aliphatic hydroxyl groups excluding tert-OH is 1. The van der Waals surface area contributed by atoms with Crippen LogP contribution in [0.5, 0.6) is 5.75 Å². The Morgan fingerprint density at radius 2 is 1.97 bits per heavy atom. The number of non-ortho nitro benzene ring substituents is 1. The summed E-state index contributed by atoms with van der Waals surface area (Å²) in [6.45, 7) is 0. The summed E-state index contributed by atoms with van der Waals surface area (Å²) >= 11 is 7.25. The number of para-hydroxylation sites is 1. The molecule has 0 aliphatic carbocycles. The average molecular weight is 562 g/mol. The van der Waals surface area contributed by atoms with E-state index in [1.165, 1.54) is 37.4 Å². The zero-order chi connectivity index (χ0) is 27.4. The number of thiazole rings is 1. The highest BCUT2D eigenvalue weighted by atomic mass is 35.5. The van der Waals surface area contributed by atoms with E-state index in [1.807, 2.05) is 0 Å². The summed E-state index contributed by atoms with van der Waals surface area (Å²) in [5, 5.41) is 23.8. The SMILES string of the molecule is COc1cccc2cc(C(=O)C3=C(O)C(=O)N(c4nc5ccc(Cl)cc5s4)C3c3cccc([N+](=O)[O-])c3)oc12. The van der Waals surface area contributed by atoms with E-state index in [-0.39, 0.29) is 27.7 Å². The molecule has 0 fully saturated rings. The maximum absolute atomic E-state index is 13.9. The Balaban J connectivity index is 1.53. The van der Waals surface area contributed by atoms with Crippen molar-refractivity contribution in [2.75, 3.05) is 12.0 Å². The van der Waals surface area contributed by atoms with Gasteiger partial charge in [0.1, 0.15) is 0 Å². The molecule has 1 N–H and O–H groups in total. The Kier molecular flexibility index (Phi) is 5.82. The third-order valence-corrected chi connectivity index (χ3v) is 7.60. The number of furan rings is 1. The number of carbonyl (C=O) groups excluding carboxylic acids is 2. The number of methoxy groups -OCH3 is 1. The second kappa shape index (κ2) is 9.22. The van der Waals surface area contributed by atoms with Gasteiger partial charge in [0, 0.05) is 22.5 Å². The van der Waals surface area contributed by atoms with Crippen LogP contribution in [0.2, 0.25) is 5.02 Å². The normalized spacial score (nSPS) is 15.5. The van der Waals surface area contributed by atoms with Gasteiger partial charge in [0.2, 0.25) is 5.78 Å². The first kappa shape index (κ1) is 24.6. The number of hydrogen-bond donors (Lipinski definition) is 1. The maximum Gasteiger partial charge on any atom is 0.296 e. The first-order chi connectivity index (χ1) is 18.8. The minimum atomic E-state index is -1.23. The van der Waals surface area contributed by atoms with Crippen LogP contribution in [0.3, 0.4) is 0 Å². The predicted octanol–water partition coefficient (Wildman–Crippen LogP) is 6.40. The highest BCUT2D eigenvalue weighted by Crippen LogP contribution is 2.45. The van der Waals surface area contributed by atoms with Crippen molar-refractivity contribution >= 4 is 66.6 Å². The number of fused-ring (bicyclic) bond motifs is 2. The van der Waals surface area contributed by atoms with Crippen molar-refractivity contribution < 1.29 is 28.8 Å². The number of carbonyl (C=O) groups is 2. The smallest absolute Gasteiger partial charge is 0.296 e. The molecule has 0 radical (unpaired) electrons. The lowest BCUT2D eigenvalue weighted by molar-refractivity contribution is -0.384. The molecule has 0 saturated carbocycles. The van der Waals surface area contributed by atoms with Crippen molar-refractivity contribution in [3.05, 3.63) is 105 Å². The van der Waals surface area contributed by atoms with Crippen LogP contribution in [0, 0.1) is 10.1 Å². The molecule has 39 heavy (non-hydrogen) atoms. The maximum atomic E-state index is 13.9. The molecule has 6 rings (SSSR count). The molecular formula is C27H16ClN3O7S. The lowest BCUT2D eigenvalue weighted by Gasteiger charge is -2.24. The molecule has 194 valence electrons. The van der Waals surface area contributed by atoms with Crippen LogP contribution >= 0.6 is 22.9 Å². The number of benzene rings is 3. The van der Waals surface area contributed by atoms with Gasteiger partial charge in [-0.25, -0.2) is 4.98 Å². The van der Waals surface area contributed by atoms with Crippen LogP contribution in [0.25, 0.3) is 21.2 Å². The quantitative estimate of drug-likeness (QED) is 0.143. The number of Topliss-reactive ketones (excluding diaryl/α,β-unsaturated/α-hetero) is 1. The standard InChI is InChI=1S/C27H16ClN3O7S/c1-37-18-7-3-5-14-11-19(38-25(14)18)23(32)21-22(13-4-2-6-16(10-13)31(35)36)30(26(34)24(21)33)27-29-17-9-8-15(28)12-20(17)39-27/h2-12,22,33H,1H3. The molecular weight excluding hydrogens is 546 g/mol. The monoisotopic (exact) mass is 561 g/mol. The predicted molar refractivity (Wildman–Crippen MR) is 145 cm³/mol. The number of ether oxygens (including phenoxy) is 1. The topological polar surface area (TPSA) is 136 Å². The third kappa shape index (κ3) is 3.99. The summed E-state index contributed by atoms with van der Waals surface area (Å²) in [5.74, 6) is -2.19. The molecule has 5 aromatic rings. The van der Waals surface area contributed by atoms with E-state index in [1.54, 1.807) is 36.4 Å². The number of aliphatic hydroxyl groups is 1. The molecule has 3 heterocycles. The molecule has 1 unspecified atom stereocenters. The second-order valence-corrected chi connectivity index (χ2v) is 10.1. The highest BCUT2D eigenvalue weighted by Gasteiger charge is 2.47.